The van der Waals surface area contributed by atoms with Crippen molar-refractivity contribution in [2.75, 3.05) is 17.3 Å². The first-order valence-electron chi connectivity index (χ1n) is 12.9. The summed E-state index contributed by atoms with van der Waals surface area (Å²) in [5, 5.41) is 7.94. The second kappa shape index (κ2) is 11.5. The molecule has 2 aromatic carbocycles. The SMILES string of the molecule is CCC(=O)Nc1ccc(N2C(=S)NC(c3ccccn3)C2c2cc(C)n(-c3cccc(Cl)c3Cl)c2C)cc1OC. The largest absolute Gasteiger partial charge is 0.494 e. The molecule has 0 radical (unpaired) electrons. The van der Waals surface area contributed by atoms with Gasteiger partial charge in [-0.05, 0) is 74.1 Å². The maximum absolute atomic E-state index is 12.1. The molecule has 1 aliphatic heterocycles. The lowest BCUT2D eigenvalue weighted by Gasteiger charge is -2.29. The van der Waals surface area contributed by atoms with E-state index in [1.807, 2.05) is 55.5 Å². The number of methoxy groups -OCH3 is 1. The van der Waals surface area contributed by atoms with E-state index < -0.39 is 0 Å². The summed E-state index contributed by atoms with van der Waals surface area (Å²) in [4.78, 5) is 18.8. The van der Waals surface area contributed by atoms with Gasteiger partial charge in [0, 0.05) is 35.8 Å². The van der Waals surface area contributed by atoms with E-state index in [1.54, 1.807) is 26.3 Å². The summed E-state index contributed by atoms with van der Waals surface area (Å²) in [6.07, 6.45) is 2.15. The van der Waals surface area contributed by atoms with Gasteiger partial charge in [0.15, 0.2) is 5.11 Å². The molecule has 3 heterocycles. The van der Waals surface area contributed by atoms with Gasteiger partial charge in [0.05, 0.1) is 46.3 Å². The molecule has 0 saturated carbocycles. The van der Waals surface area contributed by atoms with E-state index in [-0.39, 0.29) is 18.0 Å². The Bertz CT molecular complexity index is 1590. The first-order valence-corrected chi connectivity index (χ1v) is 14.0. The number of anilines is 2. The number of carbonyl (C=O) groups excluding carboxylic acids is 1. The van der Waals surface area contributed by atoms with Crippen LogP contribution < -0.4 is 20.3 Å². The van der Waals surface area contributed by atoms with Crippen molar-refractivity contribution in [1.82, 2.24) is 14.9 Å². The topological polar surface area (TPSA) is 71.4 Å². The molecule has 2 atom stereocenters. The molecule has 4 aromatic rings. The summed E-state index contributed by atoms with van der Waals surface area (Å²) in [6.45, 7) is 5.92. The smallest absolute Gasteiger partial charge is 0.224 e. The van der Waals surface area contributed by atoms with E-state index in [4.69, 9.17) is 40.2 Å². The van der Waals surface area contributed by atoms with Crippen LogP contribution >= 0.6 is 35.4 Å². The number of pyridine rings is 1. The Morgan fingerprint density at radius 1 is 1.12 bits per heavy atom. The van der Waals surface area contributed by atoms with Gasteiger partial charge in [0.25, 0.3) is 0 Å². The fraction of sp³-hybridized carbons (Fsp3) is 0.233. The zero-order valence-corrected chi connectivity index (χ0v) is 24.9. The summed E-state index contributed by atoms with van der Waals surface area (Å²) in [7, 11) is 1.58. The summed E-state index contributed by atoms with van der Waals surface area (Å²) in [5.41, 5.74) is 6.15. The van der Waals surface area contributed by atoms with Gasteiger partial charge in [-0.15, -0.1) is 0 Å². The number of hydrogen-bond acceptors (Lipinski definition) is 4. The van der Waals surface area contributed by atoms with Gasteiger partial charge in [0.1, 0.15) is 5.75 Å². The van der Waals surface area contributed by atoms with Crippen molar-refractivity contribution in [1.29, 1.82) is 0 Å². The molecule has 5 rings (SSSR count). The minimum absolute atomic E-state index is 0.0929. The van der Waals surface area contributed by atoms with Crippen molar-refractivity contribution in [3.05, 3.63) is 99.6 Å². The van der Waals surface area contributed by atoms with E-state index in [1.165, 1.54) is 0 Å². The molecule has 2 N–H and O–H groups in total. The Labute approximate surface area is 249 Å². The molecule has 0 aliphatic carbocycles. The highest BCUT2D eigenvalue weighted by molar-refractivity contribution is 7.80. The third-order valence-corrected chi connectivity index (χ3v) is 8.24. The van der Waals surface area contributed by atoms with Crippen molar-refractivity contribution >= 4 is 57.8 Å². The molecule has 0 spiro atoms. The van der Waals surface area contributed by atoms with E-state index in [0.29, 0.717) is 33.0 Å². The normalized spacial score (nSPS) is 16.6. The van der Waals surface area contributed by atoms with Crippen molar-refractivity contribution in [2.45, 2.75) is 39.3 Å². The molecule has 40 heavy (non-hydrogen) atoms. The van der Waals surface area contributed by atoms with Gasteiger partial charge in [-0.2, -0.15) is 0 Å². The molecule has 2 aromatic heterocycles. The van der Waals surface area contributed by atoms with E-state index in [2.05, 4.69) is 38.1 Å². The molecule has 7 nitrogen and oxygen atoms in total. The van der Waals surface area contributed by atoms with Gasteiger partial charge in [-0.1, -0.05) is 42.3 Å². The second-order valence-electron chi connectivity index (χ2n) is 9.52. The molecule has 1 amide bonds. The van der Waals surface area contributed by atoms with Crippen LogP contribution in [0.1, 0.15) is 48.1 Å². The number of carbonyl (C=O) groups is 1. The lowest BCUT2D eigenvalue weighted by Crippen LogP contribution is -2.29. The third kappa shape index (κ3) is 5.03. The number of halogens is 2. The highest BCUT2D eigenvalue weighted by Gasteiger charge is 2.42. The summed E-state index contributed by atoms with van der Waals surface area (Å²) >= 11 is 19.0. The number of nitrogens with zero attached hydrogens (tertiary/aromatic N) is 3. The Balaban J connectivity index is 1.66. The first kappa shape index (κ1) is 28.0. The number of aromatic nitrogens is 2. The minimum Gasteiger partial charge on any atom is -0.494 e. The van der Waals surface area contributed by atoms with E-state index in [9.17, 15) is 4.79 Å². The second-order valence-corrected chi connectivity index (χ2v) is 10.7. The van der Waals surface area contributed by atoms with Crippen molar-refractivity contribution in [3.63, 3.8) is 0 Å². The highest BCUT2D eigenvalue weighted by atomic mass is 35.5. The van der Waals surface area contributed by atoms with Crippen molar-refractivity contribution in [3.8, 4) is 11.4 Å². The molecule has 10 heteroatoms. The van der Waals surface area contributed by atoms with Crippen LogP contribution in [-0.2, 0) is 4.79 Å². The monoisotopic (exact) mass is 593 g/mol. The number of amides is 1. The van der Waals surface area contributed by atoms with Crippen LogP contribution in [0.4, 0.5) is 11.4 Å². The number of nitrogens with one attached hydrogen (secondary N) is 2. The lowest BCUT2D eigenvalue weighted by molar-refractivity contribution is -0.115. The number of rotatable bonds is 7. The van der Waals surface area contributed by atoms with Gasteiger partial charge in [-0.25, -0.2) is 0 Å². The van der Waals surface area contributed by atoms with Gasteiger partial charge in [-0.3, -0.25) is 9.78 Å². The van der Waals surface area contributed by atoms with Crippen LogP contribution in [0.25, 0.3) is 5.69 Å². The van der Waals surface area contributed by atoms with Crippen LogP contribution in [0.5, 0.6) is 5.75 Å². The van der Waals surface area contributed by atoms with Crippen molar-refractivity contribution in [2.24, 2.45) is 0 Å². The maximum Gasteiger partial charge on any atom is 0.224 e. The number of aryl methyl sites for hydroxylation is 1. The zero-order chi connectivity index (χ0) is 28.6. The lowest BCUT2D eigenvalue weighted by atomic mass is 9.96. The molecular weight excluding hydrogens is 565 g/mol. The first-order chi connectivity index (χ1) is 19.2. The van der Waals surface area contributed by atoms with Gasteiger partial charge < -0.3 is 24.8 Å². The molecular formula is C30H29Cl2N5O2S. The quantitative estimate of drug-likeness (QED) is 0.219. The fourth-order valence-electron chi connectivity index (χ4n) is 5.24. The minimum atomic E-state index is -0.249. The average Bonchev–Trinajstić information content (AvgIpc) is 3.45. The maximum atomic E-state index is 12.1. The van der Waals surface area contributed by atoms with Crippen LogP contribution in [-0.4, -0.2) is 27.7 Å². The van der Waals surface area contributed by atoms with Crippen LogP contribution in [0.15, 0.2) is 66.9 Å². The summed E-state index contributed by atoms with van der Waals surface area (Å²) in [5.74, 6) is 0.447. The third-order valence-electron chi connectivity index (χ3n) is 7.12. The molecule has 0 bridgehead atoms. The van der Waals surface area contributed by atoms with Crippen LogP contribution in [0, 0.1) is 13.8 Å². The fourth-order valence-corrected chi connectivity index (χ4v) is 5.97. The number of hydrogen-bond donors (Lipinski definition) is 2. The number of benzene rings is 2. The highest BCUT2D eigenvalue weighted by Crippen LogP contribution is 2.45. The van der Waals surface area contributed by atoms with Crippen molar-refractivity contribution < 1.29 is 9.53 Å². The molecule has 2 unspecified atom stereocenters. The molecule has 1 fully saturated rings. The Morgan fingerprint density at radius 3 is 2.62 bits per heavy atom. The molecule has 1 saturated heterocycles. The number of ether oxygens (including phenoxy) is 1. The standard InChI is InChI=1S/C30H29Cl2N5O2S/c1-5-26(38)34-22-13-12-19(16-25(22)39-4)37-29(28(35-30(37)40)23-10-6-7-14-33-23)20-15-17(2)36(18(20)3)24-11-8-9-21(31)27(24)32/h6-16,28-29H,5H2,1-4H3,(H,34,38)(H,35,40). The summed E-state index contributed by atoms with van der Waals surface area (Å²) < 4.78 is 7.77. The molecule has 1 aliphatic rings. The predicted molar refractivity (Wildman–Crippen MR) is 165 cm³/mol. The zero-order valence-electron chi connectivity index (χ0n) is 22.5. The van der Waals surface area contributed by atoms with E-state index >= 15 is 0 Å². The van der Waals surface area contributed by atoms with Crippen LogP contribution in [0.2, 0.25) is 10.0 Å². The Hall–Kier alpha value is -3.59. The Morgan fingerprint density at radius 2 is 1.93 bits per heavy atom. The van der Waals surface area contributed by atoms with Crippen LogP contribution in [0.3, 0.4) is 0 Å². The average molecular weight is 595 g/mol. The van der Waals surface area contributed by atoms with Gasteiger partial charge >= 0.3 is 0 Å². The summed E-state index contributed by atoms with van der Waals surface area (Å²) in [6, 6.07) is 18.8. The Kier molecular flexibility index (Phi) is 8.03. The molecule has 206 valence electrons. The van der Waals surface area contributed by atoms with Gasteiger partial charge in [0.2, 0.25) is 5.91 Å². The predicted octanol–water partition coefficient (Wildman–Crippen LogP) is 7.33. The van der Waals surface area contributed by atoms with E-state index in [0.717, 1.165) is 34.0 Å². The number of thiocarbonyl (C=S) groups is 1.